The first kappa shape index (κ1) is 17.4. The van der Waals surface area contributed by atoms with Crippen LogP contribution in [0.3, 0.4) is 0 Å². The highest BCUT2D eigenvalue weighted by Gasteiger charge is 2.23. The Kier molecular flexibility index (Phi) is 7.43. The number of nitrogens with zero attached hydrogens (tertiary/aromatic N) is 2. The number of hydrogen-bond donors (Lipinski definition) is 2. The molecule has 114 valence electrons. The Morgan fingerprint density at radius 3 is 3.00 bits per heavy atom. The van der Waals surface area contributed by atoms with Crippen molar-refractivity contribution in [3.63, 3.8) is 0 Å². The molecule has 20 heavy (non-hydrogen) atoms. The number of carbonyl (C=O) groups is 1. The molecule has 0 spiro atoms. The summed E-state index contributed by atoms with van der Waals surface area (Å²) in [4.78, 5) is 18.6. The van der Waals surface area contributed by atoms with Crippen molar-refractivity contribution < 1.29 is 4.79 Å². The van der Waals surface area contributed by atoms with Gasteiger partial charge >= 0.3 is 0 Å². The topological polar surface area (TPSA) is 57.3 Å². The summed E-state index contributed by atoms with van der Waals surface area (Å²) in [5, 5.41) is 8.88. The van der Waals surface area contributed by atoms with Crippen molar-refractivity contribution in [3.8, 4) is 0 Å². The minimum Gasteiger partial charge on any atom is -0.315 e. The van der Waals surface area contributed by atoms with E-state index >= 15 is 0 Å². The van der Waals surface area contributed by atoms with Crippen LogP contribution in [0.1, 0.15) is 25.5 Å². The number of halogens is 1. The van der Waals surface area contributed by atoms with Gasteiger partial charge in [-0.15, -0.1) is 23.7 Å². The third-order valence-corrected chi connectivity index (χ3v) is 4.15. The fourth-order valence-electron chi connectivity index (χ4n) is 2.38. The first-order valence-electron chi connectivity index (χ1n) is 6.85. The standard InChI is InChI=1S/C13H22N4OS.ClH/c1-3-6-17(11-4-5-14-7-11)8-12(18)16-13-15-10(2)9-19-13;/h9,11,14H,3-8H2,1-2H3,(H,15,16,18);1H. The molecular formula is C13H23ClN4OS. The lowest BCUT2D eigenvalue weighted by atomic mass is 10.2. The highest BCUT2D eigenvalue weighted by atomic mass is 35.5. The molecule has 0 radical (unpaired) electrons. The number of rotatable bonds is 6. The fourth-order valence-corrected chi connectivity index (χ4v) is 3.09. The van der Waals surface area contributed by atoms with Gasteiger partial charge < -0.3 is 10.6 Å². The van der Waals surface area contributed by atoms with Crippen molar-refractivity contribution in [3.05, 3.63) is 11.1 Å². The summed E-state index contributed by atoms with van der Waals surface area (Å²) in [6.45, 7) is 7.55. The van der Waals surface area contributed by atoms with E-state index in [4.69, 9.17) is 0 Å². The maximum absolute atomic E-state index is 12.1. The molecule has 7 heteroatoms. The molecule has 0 saturated carbocycles. The van der Waals surface area contributed by atoms with Crippen LogP contribution in [0, 0.1) is 6.92 Å². The van der Waals surface area contributed by atoms with E-state index in [9.17, 15) is 4.79 Å². The molecule has 0 aromatic carbocycles. The third kappa shape index (κ3) is 5.01. The zero-order valence-corrected chi connectivity index (χ0v) is 13.6. The highest BCUT2D eigenvalue weighted by Crippen LogP contribution is 2.15. The van der Waals surface area contributed by atoms with Crippen LogP contribution in [0.15, 0.2) is 5.38 Å². The molecule has 1 aromatic heterocycles. The van der Waals surface area contributed by atoms with Crippen molar-refractivity contribution in [2.75, 3.05) is 31.5 Å². The first-order chi connectivity index (χ1) is 9.19. The van der Waals surface area contributed by atoms with Gasteiger partial charge in [-0.05, 0) is 32.9 Å². The summed E-state index contributed by atoms with van der Waals surface area (Å²) < 4.78 is 0. The zero-order chi connectivity index (χ0) is 13.7. The summed E-state index contributed by atoms with van der Waals surface area (Å²) in [5.41, 5.74) is 0.950. The molecule has 1 unspecified atom stereocenters. The van der Waals surface area contributed by atoms with Crippen LogP contribution in [-0.4, -0.2) is 48.0 Å². The number of aromatic nitrogens is 1. The van der Waals surface area contributed by atoms with Gasteiger partial charge in [-0.1, -0.05) is 6.92 Å². The summed E-state index contributed by atoms with van der Waals surface area (Å²) in [6, 6.07) is 0.490. The van der Waals surface area contributed by atoms with Crippen LogP contribution in [0.4, 0.5) is 5.13 Å². The first-order valence-corrected chi connectivity index (χ1v) is 7.73. The largest absolute Gasteiger partial charge is 0.315 e. The SMILES string of the molecule is CCCN(CC(=O)Nc1nc(C)cs1)C1CCNC1.Cl. The quantitative estimate of drug-likeness (QED) is 0.841. The van der Waals surface area contributed by atoms with Crippen molar-refractivity contribution in [2.24, 2.45) is 0 Å². The Labute approximate surface area is 130 Å². The Morgan fingerprint density at radius 1 is 1.65 bits per heavy atom. The number of amides is 1. The van der Waals surface area contributed by atoms with Gasteiger partial charge in [0.1, 0.15) is 0 Å². The van der Waals surface area contributed by atoms with Crippen molar-refractivity contribution in [2.45, 2.75) is 32.7 Å². The van der Waals surface area contributed by atoms with Crippen LogP contribution in [-0.2, 0) is 4.79 Å². The fraction of sp³-hybridized carbons (Fsp3) is 0.692. The molecule has 1 aliphatic rings. The van der Waals surface area contributed by atoms with Crippen LogP contribution >= 0.6 is 23.7 Å². The number of carbonyl (C=O) groups excluding carboxylic acids is 1. The molecule has 1 saturated heterocycles. The predicted octanol–water partition coefficient (Wildman–Crippen LogP) is 1.89. The number of anilines is 1. The van der Waals surface area contributed by atoms with Crippen molar-refractivity contribution in [1.29, 1.82) is 0 Å². The van der Waals surface area contributed by atoms with Gasteiger partial charge in [0.2, 0.25) is 5.91 Å². The molecule has 2 N–H and O–H groups in total. The van der Waals surface area contributed by atoms with Crippen LogP contribution in [0.5, 0.6) is 0 Å². The van der Waals surface area contributed by atoms with E-state index in [0.717, 1.165) is 38.2 Å². The van der Waals surface area contributed by atoms with E-state index in [-0.39, 0.29) is 18.3 Å². The predicted molar refractivity (Wildman–Crippen MR) is 85.9 cm³/mol. The summed E-state index contributed by atoms with van der Waals surface area (Å²) in [7, 11) is 0. The van der Waals surface area contributed by atoms with Gasteiger partial charge in [0.25, 0.3) is 0 Å². The molecule has 0 bridgehead atoms. The van der Waals surface area contributed by atoms with E-state index in [1.165, 1.54) is 11.3 Å². The van der Waals surface area contributed by atoms with Crippen LogP contribution in [0.2, 0.25) is 0 Å². The third-order valence-electron chi connectivity index (χ3n) is 3.27. The van der Waals surface area contributed by atoms with Gasteiger partial charge in [0.05, 0.1) is 12.2 Å². The molecule has 1 atom stereocenters. The molecule has 2 rings (SSSR count). The lowest BCUT2D eigenvalue weighted by Crippen LogP contribution is -2.42. The zero-order valence-electron chi connectivity index (χ0n) is 12.0. The lowest BCUT2D eigenvalue weighted by Gasteiger charge is -2.26. The Hall–Kier alpha value is -0.690. The lowest BCUT2D eigenvalue weighted by molar-refractivity contribution is -0.117. The normalized spacial score (nSPS) is 18.1. The number of hydrogen-bond acceptors (Lipinski definition) is 5. The van der Waals surface area contributed by atoms with Gasteiger partial charge in [-0.3, -0.25) is 9.69 Å². The molecule has 1 aliphatic heterocycles. The monoisotopic (exact) mass is 318 g/mol. The molecule has 5 nitrogen and oxygen atoms in total. The minimum atomic E-state index is 0. The smallest absolute Gasteiger partial charge is 0.240 e. The van der Waals surface area contributed by atoms with Crippen LogP contribution in [0.25, 0.3) is 0 Å². The summed E-state index contributed by atoms with van der Waals surface area (Å²) in [6.07, 6.45) is 2.20. The molecule has 0 aliphatic carbocycles. The van der Waals surface area contributed by atoms with E-state index < -0.39 is 0 Å². The summed E-state index contributed by atoms with van der Waals surface area (Å²) >= 11 is 1.48. The highest BCUT2D eigenvalue weighted by molar-refractivity contribution is 7.13. The maximum Gasteiger partial charge on any atom is 0.240 e. The van der Waals surface area contributed by atoms with Crippen LogP contribution < -0.4 is 10.6 Å². The Balaban J connectivity index is 0.00000200. The van der Waals surface area contributed by atoms with Crippen molar-refractivity contribution >= 4 is 34.8 Å². The average Bonchev–Trinajstić information content (AvgIpc) is 3.00. The molecular weight excluding hydrogens is 296 g/mol. The second kappa shape index (κ2) is 8.56. The summed E-state index contributed by atoms with van der Waals surface area (Å²) in [5.74, 6) is 0.0368. The van der Waals surface area contributed by atoms with Crippen molar-refractivity contribution in [1.82, 2.24) is 15.2 Å². The molecule has 1 amide bonds. The molecule has 2 heterocycles. The second-order valence-corrected chi connectivity index (χ2v) is 5.82. The molecule has 1 aromatic rings. The maximum atomic E-state index is 12.1. The van der Waals surface area contributed by atoms with E-state index in [2.05, 4.69) is 27.4 Å². The number of aryl methyl sites for hydroxylation is 1. The van der Waals surface area contributed by atoms with E-state index in [0.29, 0.717) is 17.7 Å². The second-order valence-electron chi connectivity index (χ2n) is 4.96. The number of nitrogens with one attached hydrogen (secondary N) is 2. The minimum absolute atomic E-state index is 0. The average molecular weight is 319 g/mol. The van der Waals surface area contributed by atoms with Gasteiger partial charge in [0.15, 0.2) is 5.13 Å². The Bertz CT molecular complexity index is 420. The van der Waals surface area contributed by atoms with Gasteiger partial charge in [0, 0.05) is 18.0 Å². The van der Waals surface area contributed by atoms with E-state index in [1.54, 1.807) is 0 Å². The molecule has 1 fully saturated rings. The van der Waals surface area contributed by atoms with Gasteiger partial charge in [-0.2, -0.15) is 0 Å². The van der Waals surface area contributed by atoms with E-state index in [1.807, 2.05) is 12.3 Å². The van der Waals surface area contributed by atoms with Gasteiger partial charge in [-0.25, -0.2) is 4.98 Å². The number of thiazole rings is 1. The Morgan fingerprint density at radius 2 is 2.45 bits per heavy atom.